The molecule has 70 valence electrons. The smallest absolute Gasteiger partial charge is 0.191 e. The molecule has 0 heterocycles. The van der Waals surface area contributed by atoms with E-state index in [1.54, 1.807) is 0 Å². The Morgan fingerprint density at radius 3 is 2.08 bits per heavy atom. The standard InChI is InChI=1S/C9H12BrN3/c1-5-3-7(10)4-6(2)8(5)13-9(11)12/h3-4H,1-2H3,(H4,11,12,13). The van der Waals surface area contributed by atoms with Crippen LogP contribution in [-0.4, -0.2) is 5.96 Å². The van der Waals surface area contributed by atoms with Crippen molar-refractivity contribution in [2.75, 3.05) is 0 Å². The molecule has 0 aliphatic rings. The van der Waals surface area contributed by atoms with Crippen molar-refractivity contribution in [3.63, 3.8) is 0 Å². The zero-order valence-electron chi connectivity index (χ0n) is 7.63. The molecule has 0 saturated heterocycles. The molecule has 0 unspecified atom stereocenters. The number of aryl methyl sites for hydroxylation is 2. The fourth-order valence-electron chi connectivity index (χ4n) is 1.21. The third-order valence-corrected chi connectivity index (χ3v) is 2.15. The molecule has 4 heteroatoms. The summed E-state index contributed by atoms with van der Waals surface area (Å²) in [5.74, 6) is 0.0912. The first-order chi connectivity index (χ1) is 6.00. The van der Waals surface area contributed by atoms with Crippen LogP contribution in [0.1, 0.15) is 11.1 Å². The van der Waals surface area contributed by atoms with Gasteiger partial charge in [0.2, 0.25) is 0 Å². The summed E-state index contributed by atoms with van der Waals surface area (Å²) in [5, 5.41) is 0. The molecule has 1 rings (SSSR count). The maximum atomic E-state index is 5.32. The lowest BCUT2D eigenvalue weighted by Gasteiger charge is -2.05. The van der Waals surface area contributed by atoms with E-state index < -0.39 is 0 Å². The van der Waals surface area contributed by atoms with Gasteiger partial charge in [-0.25, -0.2) is 4.99 Å². The molecule has 1 aromatic carbocycles. The summed E-state index contributed by atoms with van der Waals surface area (Å²) in [4.78, 5) is 4.05. The van der Waals surface area contributed by atoms with Gasteiger partial charge in [0.15, 0.2) is 5.96 Å². The van der Waals surface area contributed by atoms with Crippen LogP contribution in [-0.2, 0) is 0 Å². The van der Waals surface area contributed by atoms with Gasteiger partial charge in [0.1, 0.15) is 0 Å². The van der Waals surface area contributed by atoms with E-state index in [2.05, 4.69) is 20.9 Å². The van der Waals surface area contributed by atoms with Crippen molar-refractivity contribution < 1.29 is 0 Å². The Morgan fingerprint density at radius 2 is 1.69 bits per heavy atom. The Hall–Kier alpha value is -1.03. The van der Waals surface area contributed by atoms with Gasteiger partial charge in [-0.2, -0.15) is 0 Å². The predicted molar refractivity (Wildman–Crippen MR) is 59.1 cm³/mol. The quantitative estimate of drug-likeness (QED) is 0.584. The fourth-order valence-corrected chi connectivity index (χ4v) is 1.90. The molecule has 0 saturated carbocycles. The van der Waals surface area contributed by atoms with Crippen LogP contribution in [0.3, 0.4) is 0 Å². The first kappa shape index (κ1) is 10.1. The highest BCUT2D eigenvalue weighted by atomic mass is 79.9. The number of rotatable bonds is 1. The van der Waals surface area contributed by atoms with E-state index in [-0.39, 0.29) is 5.96 Å². The zero-order valence-corrected chi connectivity index (χ0v) is 9.22. The average Bonchev–Trinajstić information content (AvgIpc) is 1.96. The Kier molecular flexibility index (Phi) is 2.93. The number of halogens is 1. The Labute approximate surface area is 86.0 Å². The van der Waals surface area contributed by atoms with Crippen molar-refractivity contribution in [3.8, 4) is 0 Å². The van der Waals surface area contributed by atoms with Crippen molar-refractivity contribution in [2.45, 2.75) is 13.8 Å². The molecule has 0 fully saturated rings. The SMILES string of the molecule is Cc1cc(Br)cc(C)c1N=C(N)N. The summed E-state index contributed by atoms with van der Waals surface area (Å²) in [5.41, 5.74) is 13.6. The topological polar surface area (TPSA) is 64.4 Å². The van der Waals surface area contributed by atoms with Gasteiger partial charge in [-0.1, -0.05) is 15.9 Å². The highest BCUT2D eigenvalue weighted by Gasteiger charge is 2.02. The van der Waals surface area contributed by atoms with E-state index in [1.165, 1.54) is 0 Å². The molecule has 4 N–H and O–H groups in total. The minimum Gasteiger partial charge on any atom is -0.370 e. The monoisotopic (exact) mass is 241 g/mol. The number of guanidine groups is 1. The lowest BCUT2D eigenvalue weighted by Crippen LogP contribution is -2.22. The zero-order chi connectivity index (χ0) is 10.0. The molecular weight excluding hydrogens is 230 g/mol. The van der Waals surface area contributed by atoms with Crippen molar-refractivity contribution in [1.29, 1.82) is 0 Å². The van der Waals surface area contributed by atoms with E-state index in [1.807, 2.05) is 26.0 Å². The Balaban J connectivity index is 3.29. The maximum Gasteiger partial charge on any atom is 0.191 e. The van der Waals surface area contributed by atoms with E-state index in [9.17, 15) is 0 Å². The van der Waals surface area contributed by atoms with Crippen LogP contribution in [0.4, 0.5) is 5.69 Å². The molecule has 1 aromatic rings. The molecule has 0 bridgehead atoms. The van der Waals surface area contributed by atoms with Crippen molar-refractivity contribution in [3.05, 3.63) is 27.7 Å². The van der Waals surface area contributed by atoms with Gasteiger partial charge in [-0.15, -0.1) is 0 Å². The summed E-state index contributed by atoms with van der Waals surface area (Å²) in [6, 6.07) is 3.96. The minimum atomic E-state index is 0.0912. The number of hydrogen-bond donors (Lipinski definition) is 2. The number of nitrogens with two attached hydrogens (primary N) is 2. The molecule has 0 amide bonds. The van der Waals surface area contributed by atoms with Gasteiger partial charge in [-0.05, 0) is 37.1 Å². The fraction of sp³-hybridized carbons (Fsp3) is 0.222. The highest BCUT2D eigenvalue weighted by Crippen LogP contribution is 2.27. The maximum absolute atomic E-state index is 5.32. The van der Waals surface area contributed by atoms with E-state index in [0.717, 1.165) is 21.3 Å². The van der Waals surface area contributed by atoms with E-state index >= 15 is 0 Å². The van der Waals surface area contributed by atoms with Gasteiger partial charge < -0.3 is 11.5 Å². The summed E-state index contributed by atoms with van der Waals surface area (Å²) in [6.45, 7) is 3.94. The van der Waals surface area contributed by atoms with Crippen LogP contribution in [0.15, 0.2) is 21.6 Å². The molecule has 3 nitrogen and oxygen atoms in total. The van der Waals surface area contributed by atoms with Crippen LogP contribution >= 0.6 is 15.9 Å². The predicted octanol–water partition coefficient (Wildman–Crippen LogP) is 1.97. The number of hydrogen-bond acceptors (Lipinski definition) is 1. The second-order valence-corrected chi connectivity index (χ2v) is 3.84. The van der Waals surface area contributed by atoms with Gasteiger partial charge in [-0.3, -0.25) is 0 Å². The average molecular weight is 242 g/mol. The van der Waals surface area contributed by atoms with Crippen LogP contribution in [0.5, 0.6) is 0 Å². The number of nitrogens with zero attached hydrogens (tertiary/aromatic N) is 1. The molecule has 0 spiro atoms. The minimum absolute atomic E-state index is 0.0912. The van der Waals surface area contributed by atoms with Crippen molar-refractivity contribution in [2.24, 2.45) is 16.5 Å². The third-order valence-electron chi connectivity index (χ3n) is 1.70. The van der Waals surface area contributed by atoms with Crippen LogP contribution in [0.2, 0.25) is 0 Å². The second-order valence-electron chi connectivity index (χ2n) is 2.92. The molecular formula is C9H12BrN3. The van der Waals surface area contributed by atoms with Gasteiger partial charge in [0, 0.05) is 4.47 Å². The van der Waals surface area contributed by atoms with Gasteiger partial charge in [0.25, 0.3) is 0 Å². The lowest BCUT2D eigenvalue weighted by molar-refractivity contribution is 1.29. The van der Waals surface area contributed by atoms with Crippen LogP contribution < -0.4 is 11.5 Å². The molecule has 0 aliphatic carbocycles. The number of aliphatic imine (C=N–C) groups is 1. The molecule has 0 aromatic heterocycles. The molecule has 13 heavy (non-hydrogen) atoms. The largest absolute Gasteiger partial charge is 0.370 e. The van der Waals surface area contributed by atoms with E-state index in [4.69, 9.17) is 11.5 Å². The highest BCUT2D eigenvalue weighted by molar-refractivity contribution is 9.10. The molecule has 0 aliphatic heterocycles. The third kappa shape index (κ3) is 2.45. The summed E-state index contributed by atoms with van der Waals surface area (Å²) >= 11 is 3.40. The van der Waals surface area contributed by atoms with Crippen molar-refractivity contribution >= 4 is 27.6 Å². The second kappa shape index (κ2) is 3.79. The van der Waals surface area contributed by atoms with Crippen LogP contribution in [0, 0.1) is 13.8 Å². The Bertz CT molecular complexity index is 331. The van der Waals surface area contributed by atoms with Gasteiger partial charge in [0.05, 0.1) is 5.69 Å². The Morgan fingerprint density at radius 1 is 1.23 bits per heavy atom. The molecule has 0 atom stereocenters. The first-order valence-corrected chi connectivity index (χ1v) is 4.66. The summed E-state index contributed by atoms with van der Waals surface area (Å²) < 4.78 is 1.04. The van der Waals surface area contributed by atoms with E-state index in [0.29, 0.717) is 0 Å². The summed E-state index contributed by atoms with van der Waals surface area (Å²) in [6.07, 6.45) is 0. The summed E-state index contributed by atoms with van der Waals surface area (Å²) in [7, 11) is 0. The van der Waals surface area contributed by atoms with Crippen LogP contribution in [0.25, 0.3) is 0 Å². The normalized spacial score (nSPS) is 9.77. The van der Waals surface area contributed by atoms with Gasteiger partial charge >= 0.3 is 0 Å². The van der Waals surface area contributed by atoms with Crippen molar-refractivity contribution in [1.82, 2.24) is 0 Å². The lowest BCUT2D eigenvalue weighted by atomic mass is 10.1. The first-order valence-electron chi connectivity index (χ1n) is 3.87. The molecule has 0 radical (unpaired) electrons. The number of benzene rings is 1.